The molecular weight excluding hydrogens is 414 g/mol. The van der Waals surface area contributed by atoms with E-state index in [1.54, 1.807) is 13.8 Å². The quantitative estimate of drug-likeness (QED) is 0.182. The molecule has 1 saturated carbocycles. The van der Waals surface area contributed by atoms with Gasteiger partial charge in [0, 0.05) is 6.04 Å². The molecule has 0 unspecified atom stereocenters. The number of esters is 2. The molecule has 0 heterocycles. The fourth-order valence-electron chi connectivity index (χ4n) is 4.64. The summed E-state index contributed by atoms with van der Waals surface area (Å²) in [5.41, 5.74) is 1.61. The highest BCUT2D eigenvalue weighted by Crippen LogP contribution is 2.43. The Morgan fingerprint density at radius 3 is 1.79 bits per heavy atom. The van der Waals surface area contributed by atoms with Crippen LogP contribution in [0.2, 0.25) is 0 Å². The Bertz CT molecular complexity index is 674. The second-order valence-corrected chi connectivity index (χ2v) is 9.37. The van der Waals surface area contributed by atoms with Crippen molar-refractivity contribution in [2.24, 2.45) is 5.41 Å². The van der Waals surface area contributed by atoms with Gasteiger partial charge in [0.1, 0.15) is 0 Å². The molecule has 0 aliphatic heterocycles. The van der Waals surface area contributed by atoms with Crippen molar-refractivity contribution in [1.29, 1.82) is 0 Å². The number of carbonyl (C=O) groups excluding carboxylic acids is 2. The second-order valence-electron chi connectivity index (χ2n) is 9.37. The minimum absolute atomic E-state index is 0.139. The SMILES string of the molecule is CCCCCCCCCCc1ccc(CCNC2CC(C(=O)OCC)(C(=O)OCC)C2)cc1. The molecule has 1 fully saturated rings. The summed E-state index contributed by atoms with van der Waals surface area (Å²) in [6.45, 7) is 7.14. The van der Waals surface area contributed by atoms with Crippen molar-refractivity contribution < 1.29 is 19.1 Å². The molecule has 0 radical (unpaired) electrons. The maximum atomic E-state index is 12.4. The van der Waals surface area contributed by atoms with E-state index in [2.05, 4.69) is 36.5 Å². The molecule has 0 atom stereocenters. The minimum atomic E-state index is -1.12. The van der Waals surface area contributed by atoms with Crippen molar-refractivity contribution in [2.75, 3.05) is 19.8 Å². The predicted molar refractivity (Wildman–Crippen MR) is 133 cm³/mol. The molecule has 0 spiro atoms. The van der Waals surface area contributed by atoms with Crippen LogP contribution < -0.4 is 5.32 Å². The third-order valence-electron chi connectivity index (χ3n) is 6.71. The van der Waals surface area contributed by atoms with E-state index in [4.69, 9.17) is 9.47 Å². The van der Waals surface area contributed by atoms with Crippen LogP contribution in [-0.2, 0) is 31.9 Å². The molecule has 0 aromatic heterocycles. The van der Waals surface area contributed by atoms with Crippen molar-refractivity contribution in [3.63, 3.8) is 0 Å². The van der Waals surface area contributed by atoms with E-state index in [9.17, 15) is 9.59 Å². The van der Waals surface area contributed by atoms with Crippen molar-refractivity contribution in [2.45, 2.75) is 104 Å². The number of benzene rings is 1. The highest BCUT2D eigenvalue weighted by Gasteiger charge is 2.58. The van der Waals surface area contributed by atoms with Gasteiger partial charge in [-0.05, 0) is 63.6 Å². The molecule has 0 saturated heterocycles. The summed E-state index contributed by atoms with van der Waals surface area (Å²) in [5.74, 6) is -0.901. The zero-order chi connectivity index (χ0) is 23.9. The van der Waals surface area contributed by atoms with Crippen LogP contribution in [0.5, 0.6) is 0 Å². The molecular formula is C28H45NO4. The monoisotopic (exact) mass is 459 g/mol. The van der Waals surface area contributed by atoms with Crippen molar-refractivity contribution in [3.8, 4) is 0 Å². The summed E-state index contributed by atoms with van der Waals surface area (Å²) < 4.78 is 10.3. The lowest BCUT2D eigenvalue weighted by atomic mass is 9.65. The van der Waals surface area contributed by atoms with Gasteiger partial charge in [0.25, 0.3) is 0 Å². The summed E-state index contributed by atoms with van der Waals surface area (Å²) in [6.07, 6.45) is 13.8. The first-order valence-corrected chi connectivity index (χ1v) is 13.2. The lowest BCUT2D eigenvalue weighted by molar-refractivity contribution is -0.181. The van der Waals surface area contributed by atoms with Gasteiger partial charge in [0.15, 0.2) is 5.41 Å². The van der Waals surface area contributed by atoms with Gasteiger partial charge in [-0.15, -0.1) is 0 Å². The Balaban J connectivity index is 1.64. The summed E-state index contributed by atoms with van der Waals surface area (Å²) in [5, 5.41) is 3.48. The largest absolute Gasteiger partial charge is 0.465 e. The van der Waals surface area contributed by atoms with Crippen LogP contribution in [-0.4, -0.2) is 37.7 Å². The van der Waals surface area contributed by atoms with Gasteiger partial charge in [-0.1, -0.05) is 76.1 Å². The van der Waals surface area contributed by atoms with Gasteiger partial charge in [-0.3, -0.25) is 9.59 Å². The Morgan fingerprint density at radius 1 is 0.788 bits per heavy atom. The maximum Gasteiger partial charge on any atom is 0.323 e. The second kappa shape index (κ2) is 15.1. The lowest BCUT2D eigenvalue weighted by Gasteiger charge is -2.43. The summed E-state index contributed by atoms with van der Waals surface area (Å²) in [6, 6.07) is 9.10. The zero-order valence-corrected chi connectivity index (χ0v) is 21.1. The Labute approximate surface area is 201 Å². The van der Waals surface area contributed by atoms with E-state index in [0.29, 0.717) is 12.8 Å². The first-order valence-electron chi connectivity index (χ1n) is 13.2. The molecule has 0 amide bonds. The zero-order valence-electron chi connectivity index (χ0n) is 21.1. The number of hydrogen-bond donors (Lipinski definition) is 1. The van der Waals surface area contributed by atoms with Gasteiger partial charge in [0.05, 0.1) is 13.2 Å². The highest BCUT2D eigenvalue weighted by atomic mass is 16.6. The molecule has 2 rings (SSSR count). The average molecular weight is 460 g/mol. The van der Waals surface area contributed by atoms with E-state index in [1.165, 1.54) is 68.9 Å². The van der Waals surface area contributed by atoms with Crippen LogP contribution >= 0.6 is 0 Å². The van der Waals surface area contributed by atoms with Gasteiger partial charge < -0.3 is 14.8 Å². The molecule has 33 heavy (non-hydrogen) atoms. The van der Waals surface area contributed by atoms with Crippen LogP contribution in [0.1, 0.15) is 96.1 Å². The number of rotatable bonds is 17. The third-order valence-corrected chi connectivity index (χ3v) is 6.71. The van der Waals surface area contributed by atoms with Crippen molar-refractivity contribution in [3.05, 3.63) is 35.4 Å². The molecule has 186 valence electrons. The number of carbonyl (C=O) groups is 2. The number of hydrogen-bond acceptors (Lipinski definition) is 5. The van der Waals surface area contributed by atoms with E-state index in [-0.39, 0.29) is 19.3 Å². The number of aryl methyl sites for hydroxylation is 1. The first kappa shape index (κ1) is 27.4. The summed E-state index contributed by atoms with van der Waals surface area (Å²) in [4.78, 5) is 24.7. The van der Waals surface area contributed by atoms with Crippen LogP contribution in [0.25, 0.3) is 0 Å². The lowest BCUT2D eigenvalue weighted by Crippen LogP contribution is -2.58. The maximum absolute atomic E-state index is 12.4. The molecule has 1 N–H and O–H groups in total. The molecule has 1 aromatic carbocycles. The van der Waals surface area contributed by atoms with E-state index in [0.717, 1.165) is 13.0 Å². The summed E-state index contributed by atoms with van der Waals surface area (Å²) in [7, 11) is 0. The Kier molecular flexibility index (Phi) is 12.5. The standard InChI is InChI=1S/C28H45NO4/c1-4-7-8-9-10-11-12-13-14-23-15-17-24(18-16-23)19-20-29-25-21-28(22-25,26(30)32-5-2)27(31)33-6-3/h15-18,25,29H,4-14,19-22H2,1-3H3. The normalized spacial score (nSPS) is 15.1. The van der Waals surface area contributed by atoms with Crippen LogP contribution in [0.3, 0.4) is 0 Å². The smallest absolute Gasteiger partial charge is 0.323 e. The van der Waals surface area contributed by atoms with Gasteiger partial charge in [0.2, 0.25) is 0 Å². The molecule has 5 heteroatoms. The Hall–Kier alpha value is -1.88. The van der Waals surface area contributed by atoms with Crippen molar-refractivity contribution >= 4 is 11.9 Å². The average Bonchev–Trinajstić information content (AvgIpc) is 2.78. The molecule has 1 aromatic rings. The topological polar surface area (TPSA) is 64.6 Å². The minimum Gasteiger partial charge on any atom is -0.465 e. The van der Waals surface area contributed by atoms with Gasteiger partial charge in [-0.2, -0.15) is 0 Å². The van der Waals surface area contributed by atoms with E-state index < -0.39 is 17.4 Å². The van der Waals surface area contributed by atoms with Crippen LogP contribution in [0, 0.1) is 5.41 Å². The highest BCUT2D eigenvalue weighted by molar-refractivity contribution is 6.01. The predicted octanol–water partition coefficient (Wildman–Crippen LogP) is 5.78. The fourth-order valence-corrected chi connectivity index (χ4v) is 4.64. The Morgan fingerprint density at radius 2 is 1.27 bits per heavy atom. The molecule has 1 aliphatic rings. The van der Waals surface area contributed by atoms with Gasteiger partial charge in [-0.25, -0.2) is 0 Å². The summed E-state index contributed by atoms with van der Waals surface area (Å²) >= 11 is 0. The third kappa shape index (κ3) is 8.77. The van der Waals surface area contributed by atoms with Crippen LogP contribution in [0.15, 0.2) is 24.3 Å². The first-order chi connectivity index (χ1) is 16.1. The van der Waals surface area contributed by atoms with Crippen molar-refractivity contribution in [1.82, 2.24) is 5.32 Å². The van der Waals surface area contributed by atoms with E-state index >= 15 is 0 Å². The number of unbranched alkanes of at least 4 members (excludes halogenated alkanes) is 7. The van der Waals surface area contributed by atoms with Crippen LogP contribution in [0.4, 0.5) is 0 Å². The molecule has 1 aliphatic carbocycles. The number of nitrogens with one attached hydrogen (secondary N) is 1. The van der Waals surface area contributed by atoms with E-state index in [1.807, 2.05) is 0 Å². The van der Waals surface area contributed by atoms with Gasteiger partial charge >= 0.3 is 11.9 Å². The molecule has 0 bridgehead atoms. The fraction of sp³-hybridized carbons (Fsp3) is 0.714. The molecule has 5 nitrogen and oxygen atoms in total. The number of ether oxygens (including phenoxy) is 2.